The largest absolute Gasteiger partial charge is 0.496 e. The summed E-state index contributed by atoms with van der Waals surface area (Å²) in [5.41, 5.74) is 1.23. The molecule has 0 radical (unpaired) electrons. The van der Waals surface area contributed by atoms with Gasteiger partial charge < -0.3 is 13.7 Å². The summed E-state index contributed by atoms with van der Waals surface area (Å²) in [5, 5.41) is 0. The molecule has 6 heteroatoms. The van der Waals surface area contributed by atoms with E-state index in [0.29, 0.717) is 12.3 Å². The van der Waals surface area contributed by atoms with Crippen LogP contribution in [0.5, 0.6) is 0 Å². The fourth-order valence-corrected chi connectivity index (χ4v) is 2.23. The number of nitrogens with zero attached hydrogens (tertiary/aromatic N) is 2. The van der Waals surface area contributed by atoms with Gasteiger partial charge in [0.15, 0.2) is 5.89 Å². The predicted molar refractivity (Wildman–Crippen MR) is 79.3 cm³/mol. The first-order chi connectivity index (χ1) is 9.87. The summed E-state index contributed by atoms with van der Waals surface area (Å²) in [6.45, 7) is 8.15. The highest BCUT2D eigenvalue weighted by atomic mass is 16.7. The van der Waals surface area contributed by atoms with Crippen LogP contribution in [0.4, 0.5) is 0 Å². The minimum atomic E-state index is -0.396. The molecule has 0 unspecified atom stereocenters. The number of pyridine rings is 1. The van der Waals surface area contributed by atoms with Gasteiger partial charge >= 0.3 is 7.12 Å². The Bertz CT molecular complexity index is 610. The van der Waals surface area contributed by atoms with Crippen LogP contribution in [0, 0.1) is 0 Å². The summed E-state index contributed by atoms with van der Waals surface area (Å²) in [7, 11) is -0.396. The number of hydrogen-bond acceptors (Lipinski definition) is 5. The molecular formula is C15H19BN2O3. The molecule has 0 spiro atoms. The topological polar surface area (TPSA) is 57.4 Å². The van der Waals surface area contributed by atoms with Gasteiger partial charge in [0, 0.05) is 17.9 Å². The molecule has 0 bridgehead atoms. The smallest absolute Gasteiger partial charge is 0.449 e. The first-order valence-corrected chi connectivity index (χ1v) is 7.05. The fraction of sp³-hybridized carbons (Fsp3) is 0.467. The van der Waals surface area contributed by atoms with Crippen molar-refractivity contribution >= 4 is 12.6 Å². The second kappa shape index (κ2) is 4.96. The van der Waals surface area contributed by atoms with Gasteiger partial charge in [0.1, 0.15) is 6.26 Å². The molecule has 0 atom stereocenters. The van der Waals surface area contributed by atoms with E-state index in [-0.39, 0.29) is 11.2 Å². The van der Waals surface area contributed by atoms with Crippen LogP contribution in [0.3, 0.4) is 0 Å². The van der Waals surface area contributed by atoms with Crippen LogP contribution in [-0.4, -0.2) is 28.3 Å². The lowest BCUT2D eigenvalue weighted by Gasteiger charge is -2.32. The van der Waals surface area contributed by atoms with Gasteiger partial charge in [-0.15, -0.1) is 0 Å². The highest BCUT2D eigenvalue weighted by Gasteiger charge is 2.51. The normalized spacial score (nSPS) is 19.9. The van der Waals surface area contributed by atoms with E-state index in [2.05, 4.69) is 9.97 Å². The molecule has 1 aliphatic heterocycles. The van der Waals surface area contributed by atoms with E-state index in [9.17, 15) is 0 Å². The van der Waals surface area contributed by atoms with E-state index in [0.717, 1.165) is 11.0 Å². The molecule has 2 aromatic rings. The van der Waals surface area contributed by atoms with Gasteiger partial charge in [0.2, 0.25) is 0 Å². The van der Waals surface area contributed by atoms with E-state index in [4.69, 9.17) is 13.7 Å². The molecule has 3 heterocycles. The molecule has 0 amide bonds. The number of hydrogen-bond donors (Lipinski definition) is 0. The van der Waals surface area contributed by atoms with Crippen molar-refractivity contribution < 1.29 is 13.7 Å². The van der Waals surface area contributed by atoms with E-state index < -0.39 is 7.12 Å². The number of aromatic nitrogens is 2. The molecule has 0 saturated carbocycles. The first kappa shape index (κ1) is 14.3. The third kappa shape index (κ3) is 2.73. The van der Waals surface area contributed by atoms with Crippen molar-refractivity contribution in [1.29, 1.82) is 0 Å². The molecule has 5 nitrogen and oxygen atoms in total. The van der Waals surface area contributed by atoms with Crippen LogP contribution in [-0.2, 0) is 15.7 Å². The third-order valence-electron chi connectivity index (χ3n) is 4.18. The Kier molecular flexibility index (Phi) is 3.38. The van der Waals surface area contributed by atoms with E-state index in [1.165, 1.54) is 0 Å². The second-order valence-corrected chi connectivity index (χ2v) is 6.32. The minimum Gasteiger partial charge on any atom is -0.449 e. The summed E-state index contributed by atoms with van der Waals surface area (Å²) in [6.07, 6.45) is 7.40. The maximum Gasteiger partial charge on any atom is 0.496 e. The van der Waals surface area contributed by atoms with Gasteiger partial charge in [0.25, 0.3) is 0 Å². The Morgan fingerprint density at radius 3 is 2.43 bits per heavy atom. The Labute approximate surface area is 124 Å². The molecular weight excluding hydrogens is 267 g/mol. The Morgan fingerprint density at radius 2 is 1.81 bits per heavy atom. The average Bonchev–Trinajstić information content (AvgIpc) is 2.97. The maximum absolute atomic E-state index is 6.04. The van der Waals surface area contributed by atoms with Crippen molar-refractivity contribution in [1.82, 2.24) is 9.97 Å². The molecule has 1 saturated heterocycles. The zero-order valence-electron chi connectivity index (χ0n) is 12.8. The third-order valence-corrected chi connectivity index (χ3v) is 4.18. The standard InChI is InChI=1S/C15H19BN2O3/c1-14(2)15(3,4)21-16(20-14)12-7-11(9-17-10-12)8-13-18-5-6-19-13/h5-7,9-10H,8H2,1-4H3. The fourth-order valence-electron chi connectivity index (χ4n) is 2.23. The van der Waals surface area contributed by atoms with Gasteiger partial charge in [0.05, 0.1) is 23.8 Å². The van der Waals surface area contributed by atoms with Crippen LogP contribution < -0.4 is 5.46 Å². The van der Waals surface area contributed by atoms with Gasteiger partial charge in [-0.2, -0.15) is 0 Å². The number of rotatable bonds is 3. The van der Waals surface area contributed by atoms with Crippen LogP contribution >= 0.6 is 0 Å². The highest BCUT2D eigenvalue weighted by molar-refractivity contribution is 6.62. The van der Waals surface area contributed by atoms with Crippen molar-refractivity contribution in [2.45, 2.75) is 45.3 Å². The second-order valence-electron chi connectivity index (χ2n) is 6.32. The molecule has 0 aromatic carbocycles. The Morgan fingerprint density at radius 1 is 1.10 bits per heavy atom. The quantitative estimate of drug-likeness (QED) is 0.807. The van der Waals surface area contributed by atoms with E-state index >= 15 is 0 Å². The lowest BCUT2D eigenvalue weighted by Crippen LogP contribution is -2.41. The molecule has 0 aliphatic carbocycles. The van der Waals surface area contributed by atoms with Crippen molar-refractivity contribution in [3.63, 3.8) is 0 Å². The van der Waals surface area contributed by atoms with Crippen molar-refractivity contribution in [2.24, 2.45) is 0 Å². The summed E-state index contributed by atoms with van der Waals surface area (Å²) in [4.78, 5) is 8.40. The molecule has 3 rings (SSSR count). The summed E-state index contributed by atoms with van der Waals surface area (Å²) in [5.74, 6) is 0.669. The molecule has 0 N–H and O–H groups in total. The van der Waals surface area contributed by atoms with E-state index in [1.54, 1.807) is 24.9 Å². The highest BCUT2D eigenvalue weighted by Crippen LogP contribution is 2.36. The van der Waals surface area contributed by atoms with Crippen LogP contribution in [0.15, 0.2) is 35.3 Å². The van der Waals surface area contributed by atoms with Crippen molar-refractivity contribution in [2.75, 3.05) is 0 Å². The lowest BCUT2D eigenvalue weighted by molar-refractivity contribution is 0.00578. The summed E-state index contributed by atoms with van der Waals surface area (Å²) >= 11 is 0. The Hall–Kier alpha value is -1.66. The summed E-state index contributed by atoms with van der Waals surface area (Å²) in [6, 6.07) is 2.03. The molecule has 1 aliphatic rings. The molecule has 2 aromatic heterocycles. The van der Waals surface area contributed by atoms with Crippen LogP contribution in [0.2, 0.25) is 0 Å². The van der Waals surface area contributed by atoms with Crippen LogP contribution in [0.1, 0.15) is 39.1 Å². The van der Waals surface area contributed by atoms with Gasteiger partial charge in [-0.05, 0) is 33.3 Å². The average molecular weight is 286 g/mol. The van der Waals surface area contributed by atoms with Crippen molar-refractivity contribution in [3.8, 4) is 0 Å². The zero-order chi connectivity index (χ0) is 15.1. The first-order valence-electron chi connectivity index (χ1n) is 7.05. The maximum atomic E-state index is 6.04. The summed E-state index contributed by atoms with van der Waals surface area (Å²) < 4.78 is 17.3. The monoisotopic (exact) mass is 286 g/mol. The lowest BCUT2D eigenvalue weighted by atomic mass is 9.79. The van der Waals surface area contributed by atoms with E-state index in [1.807, 2.05) is 33.8 Å². The SMILES string of the molecule is CC1(C)OB(c2cncc(Cc3ncco3)c2)OC1(C)C. The van der Waals surface area contributed by atoms with Crippen molar-refractivity contribution in [3.05, 3.63) is 42.4 Å². The minimum absolute atomic E-state index is 0.351. The van der Waals surface area contributed by atoms with Gasteiger partial charge in [-0.25, -0.2) is 4.98 Å². The molecule has 110 valence electrons. The van der Waals surface area contributed by atoms with Crippen LogP contribution in [0.25, 0.3) is 0 Å². The molecule has 21 heavy (non-hydrogen) atoms. The van der Waals surface area contributed by atoms with Gasteiger partial charge in [-0.3, -0.25) is 4.98 Å². The predicted octanol–water partition coefficient (Wildman–Crippen LogP) is 1.96. The zero-order valence-corrected chi connectivity index (χ0v) is 12.8. The Balaban J connectivity index is 1.81. The number of oxazole rings is 1. The molecule has 1 fully saturated rings. The van der Waals surface area contributed by atoms with Gasteiger partial charge in [-0.1, -0.05) is 6.07 Å².